The van der Waals surface area contributed by atoms with Crippen LogP contribution in [0.3, 0.4) is 0 Å². The van der Waals surface area contributed by atoms with Gasteiger partial charge in [0, 0.05) is 28.7 Å². The van der Waals surface area contributed by atoms with Gasteiger partial charge < -0.3 is 11.1 Å². The van der Waals surface area contributed by atoms with Crippen LogP contribution < -0.4 is 11.1 Å². The first-order valence-electron chi connectivity index (χ1n) is 5.12. The molecule has 0 amide bonds. The van der Waals surface area contributed by atoms with Crippen molar-refractivity contribution in [1.82, 2.24) is 5.32 Å². The lowest BCUT2D eigenvalue weighted by Gasteiger charge is -2.17. The maximum atomic E-state index is 13.6. The second kappa shape index (κ2) is 4.60. The van der Waals surface area contributed by atoms with Crippen LogP contribution in [0.1, 0.15) is 24.4 Å². The van der Waals surface area contributed by atoms with Crippen LogP contribution in [-0.2, 0) is 0 Å². The van der Waals surface area contributed by atoms with E-state index < -0.39 is 0 Å². The van der Waals surface area contributed by atoms with Gasteiger partial charge in [-0.3, -0.25) is 0 Å². The molecule has 0 aromatic heterocycles. The maximum Gasteiger partial charge on any atom is 0.129 e. The summed E-state index contributed by atoms with van der Waals surface area (Å²) < 4.78 is 14.4. The summed E-state index contributed by atoms with van der Waals surface area (Å²) in [6.45, 7) is 0.426. The molecule has 1 fully saturated rings. The van der Waals surface area contributed by atoms with Gasteiger partial charge in [0.05, 0.1) is 0 Å². The first kappa shape index (κ1) is 11.0. The number of hydrogen-bond acceptors (Lipinski definition) is 2. The van der Waals surface area contributed by atoms with E-state index in [0.29, 0.717) is 18.2 Å². The highest BCUT2D eigenvalue weighted by Crippen LogP contribution is 2.26. The molecule has 0 saturated heterocycles. The largest absolute Gasteiger partial charge is 0.329 e. The lowest BCUT2D eigenvalue weighted by atomic mass is 10.1. The Kier molecular flexibility index (Phi) is 3.38. The van der Waals surface area contributed by atoms with Crippen molar-refractivity contribution in [3.63, 3.8) is 0 Å². The number of nitrogens with two attached hydrogens (primary N) is 1. The number of benzene rings is 1. The Morgan fingerprint density at radius 1 is 1.53 bits per heavy atom. The Morgan fingerprint density at radius 3 is 2.80 bits per heavy atom. The quantitative estimate of drug-likeness (QED) is 0.883. The molecule has 1 aromatic carbocycles. The van der Waals surface area contributed by atoms with Gasteiger partial charge in [-0.25, -0.2) is 4.39 Å². The van der Waals surface area contributed by atoms with Crippen LogP contribution >= 0.6 is 15.9 Å². The third kappa shape index (κ3) is 2.77. The molecule has 1 atom stereocenters. The summed E-state index contributed by atoms with van der Waals surface area (Å²) in [4.78, 5) is 0. The van der Waals surface area contributed by atoms with Gasteiger partial charge in [0.2, 0.25) is 0 Å². The van der Waals surface area contributed by atoms with Crippen LogP contribution in [0.15, 0.2) is 22.7 Å². The van der Waals surface area contributed by atoms with E-state index in [1.807, 2.05) is 6.07 Å². The number of halogens is 2. The summed E-state index contributed by atoms with van der Waals surface area (Å²) in [7, 11) is 0. The number of rotatable bonds is 4. The molecule has 15 heavy (non-hydrogen) atoms. The SMILES string of the molecule is NCC(NC1CC1)c1ccc(Br)cc1F. The highest BCUT2D eigenvalue weighted by Gasteiger charge is 2.25. The summed E-state index contributed by atoms with van der Waals surface area (Å²) in [6.07, 6.45) is 2.35. The van der Waals surface area contributed by atoms with E-state index in [1.54, 1.807) is 6.07 Å². The zero-order chi connectivity index (χ0) is 10.8. The Balaban J connectivity index is 2.16. The van der Waals surface area contributed by atoms with Gasteiger partial charge in [0.1, 0.15) is 5.82 Å². The van der Waals surface area contributed by atoms with Gasteiger partial charge in [0.25, 0.3) is 0 Å². The molecule has 1 unspecified atom stereocenters. The standard InChI is InChI=1S/C11H14BrFN2/c12-7-1-4-9(10(13)5-7)11(6-14)15-8-2-3-8/h1,4-5,8,11,15H,2-3,6,14H2. The molecular weight excluding hydrogens is 259 g/mol. The zero-order valence-corrected chi connectivity index (χ0v) is 9.93. The predicted octanol–water partition coefficient (Wildman–Crippen LogP) is 2.34. The van der Waals surface area contributed by atoms with Crippen molar-refractivity contribution in [2.75, 3.05) is 6.54 Å². The Morgan fingerprint density at radius 2 is 2.27 bits per heavy atom. The minimum atomic E-state index is -0.201. The molecule has 0 bridgehead atoms. The average molecular weight is 273 g/mol. The van der Waals surface area contributed by atoms with Gasteiger partial charge in [-0.05, 0) is 25.0 Å². The maximum absolute atomic E-state index is 13.6. The predicted molar refractivity (Wildman–Crippen MR) is 62.1 cm³/mol. The molecule has 2 nitrogen and oxygen atoms in total. The van der Waals surface area contributed by atoms with E-state index in [2.05, 4.69) is 21.2 Å². The Hall–Kier alpha value is -0.450. The third-order valence-corrected chi connectivity index (χ3v) is 3.08. The van der Waals surface area contributed by atoms with Crippen molar-refractivity contribution in [3.05, 3.63) is 34.1 Å². The summed E-state index contributed by atoms with van der Waals surface area (Å²) in [5, 5.41) is 3.34. The van der Waals surface area contributed by atoms with Gasteiger partial charge in [0.15, 0.2) is 0 Å². The van der Waals surface area contributed by atoms with Crippen molar-refractivity contribution in [3.8, 4) is 0 Å². The van der Waals surface area contributed by atoms with Gasteiger partial charge >= 0.3 is 0 Å². The highest BCUT2D eigenvalue weighted by atomic mass is 79.9. The fourth-order valence-electron chi connectivity index (χ4n) is 1.60. The third-order valence-electron chi connectivity index (χ3n) is 2.59. The second-order valence-corrected chi connectivity index (χ2v) is 4.81. The smallest absolute Gasteiger partial charge is 0.129 e. The second-order valence-electron chi connectivity index (χ2n) is 3.90. The Bertz CT molecular complexity index is 352. The van der Waals surface area contributed by atoms with Crippen molar-refractivity contribution in [2.24, 2.45) is 5.73 Å². The molecule has 1 saturated carbocycles. The highest BCUT2D eigenvalue weighted by molar-refractivity contribution is 9.10. The van der Waals surface area contributed by atoms with Crippen molar-refractivity contribution in [2.45, 2.75) is 24.9 Å². The summed E-state index contributed by atoms with van der Waals surface area (Å²) in [6, 6.07) is 5.57. The fourth-order valence-corrected chi connectivity index (χ4v) is 1.94. The molecule has 82 valence electrons. The lowest BCUT2D eigenvalue weighted by molar-refractivity contribution is 0.503. The van der Waals surface area contributed by atoms with Crippen molar-refractivity contribution >= 4 is 15.9 Å². The van der Waals surface area contributed by atoms with Gasteiger partial charge in [-0.1, -0.05) is 22.0 Å². The molecule has 0 heterocycles. The monoisotopic (exact) mass is 272 g/mol. The van der Waals surface area contributed by atoms with Crippen LogP contribution in [0, 0.1) is 5.82 Å². The van der Waals surface area contributed by atoms with Crippen LogP contribution in [0.4, 0.5) is 4.39 Å². The molecule has 0 aliphatic heterocycles. The van der Waals surface area contributed by atoms with Crippen molar-refractivity contribution < 1.29 is 4.39 Å². The van der Waals surface area contributed by atoms with E-state index in [1.165, 1.54) is 18.9 Å². The van der Waals surface area contributed by atoms with Crippen LogP contribution in [0.25, 0.3) is 0 Å². The van der Waals surface area contributed by atoms with Gasteiger partial charge in [-0.15, -0.1) is 0 Å². The molecular formula is C11H14BrFN2. The molecule has 4 heteroatoms. The average Bonchev–Trinajstić information content (AvgIpc) is 2.99. The summed E-state index contributed by atoms with van der Waals surface area (Å²) in [5.41, 5.74) is 6.31. The van der Waals surface area contributed by atoms with Crippen LogP contribution in [0.5, 0.6) is 0 Å². The van der Waals surface area contributed by atoms with E-state index in [4.69, 9.17) is 5.73 Å². The topological polar surface area (TPSA) is 38.0 Å². The Labute approximate surface area is 97.2 Å². The van der Waals surface area contributed by atoms with E-state index in [0.717, 1.165) is 4.47 Å². The summed E-state index contributed by atoms with van der Waals surface area (Å²) >= 11 is 3.24. The van der Waals surface area contributed by atoms with E-state index in [-0.39, 0.29) is 11.9 Å². The lowest BCUT2D eigenvalue weighted by Crippen LogP contribution is -2.30. The molecule has 3 N–H and O–H groups in total. The normalized spacial score (nSPS) is 17.8. The molecule has 1 aliphatic rings. The fraction of sp³-hybridized carbons (Fsp3) is 0.455. The van der Waals surface area contributed by atoms with Crippen molar-refractivity contribution in [1.29, 1.82) is 0 Å². The number of hydrogen-bond donors (Lipinski definition) is 2. The minimum Gasteiger partial charge on any atom is -0.329 e. The molecule has 2 rings (SSSR count). The van der Waals surface area contributed by atoms with Crippen LogP contribution in [-0.4, -0.2) is 12.6 Å². The molecule has 1 aliphatic carbocycles. The zero-order valence-electron chi connectivity index (χ0n) is 8.34. The minimum absolute atomic E-state index is 0.0643. The van der Waals surface area contributed by atoms with E-state index in [9.17, 15) is 4.39 Å². The summed E-state index contributed by atoms with van der Waals surface area (Å²) in [5.74, 6) is -0.201. The molecule has 1 aromatic rings. The van der Waals surface area contributed by atoms with Gasteiger partial charge in [-0.2, -0.15) is 0 Å². The van der Waals surface area contributed by atoms with Crippen LogP contribution in [0.2, 0.25) is 0 Å². The molecule has 0 radical (unpaired) electrons. The first-order valence-corrected chi connectivity index (χ1v) is 5.91. The first-order chi connectivity index (χ1) is 7.20. The number of nitrogens with one attached hydrogen (secondary N) is 1. The molecule has 0 spiro atoms. The van der Waals surface area contributed by atoms with E-state index >= 15 is 0 Å².